The molecule has 0 aliphatic rings. The second-order valence-electron chi connectivity index (χ2n) is 5.39. The number of hydrogen-bond donors (Lipinski definition) is 3. The summed E-state index contributed by atoms with van der Waals surface area (Å²) in [4.78, 5) is 27.2. The van der Waals surface area contributed by atoms with Gasteiger partial charge in [0.2, 0.25) is 0 Å². The van der Waals surface area contributed by atoms with E-state index in [0.29, 0.717) is 11.5 Å². The number of ether oxygens (including phenoxy) is 2. The fourth-order valence-corrected chi connectivity index (χ4v) is 2.54. The fraction of sp³-hybridized carbons (Fsp3) is 0.111. The molecule has 0 spiro atoms. The molecule has 1 aromatic heterocycles. The first-order valence-electron chi connectivity index (χ1n) is 7.52. The van der Waals surface area contributed by atoms with E-state index in [0.717, 1.165) is 12.1 Å². The number of pyridine rings is 1. The fourth-order valence-electron chi connectivity index (χ4n) is 2.54. The molecular formula is C18H15FN2O5. The maximum atomic E-state index is 13.0. The van der Waals surface area contributed by atoms with Crippen molar-refractivity contribution in [3.63, 3.8) is 0 Å². The van der Waals surface area contributed by atoms with Crippen LogP contribution in [0.4, 0.5) is 10.1 Å². The summed E-state index contributed by atoms with van der Waals surface area (Å²) in [5.41, 5.74) is -0.679. The summed E-state index contributed by atoms with van der Waals surface area (Å²) in [5.74, 6) is -1.10. The molecule has 3 N–H and O–H groups in total. The Kier molecular flexibility index (Phi) is 4.49. The molecule has 1 heterocycles. The highest BCUT2D eigenvalue weighted by molar-refractivity contribution is 6.09. The number of carbonyl (C=O) groups excluding carboxylic acids is 1. The molecule has 8 heteroatoms. The van der Waals surface area contributed by atoms with Gasteiger partial charge in [0.25, 0.3) is 11.5 Å². The number of benzene rings is 2. The molecule has 0 saturated carbocycles. The summed E-state index contributed by atoms with van der Waals surface area (Å²) < 4.78 is 23.3. The molecule has 3 rings (SSSR count). The number of methoxy groups -OCH3 is 2. The van der Waals surface area contributed by atoms with Gasteiger partial charge in [0, 0.05) is 17.1 Å². The van der Waals surface area contributed by atoms with Crippen LogP contribution in [0.3, 0.4) is 0 Å². The summed E-state index contributed by atoms with van der Waals surface area (Å²) in [6, 6.07) is 7.94. The maximum absolute atomic E-state index is 13.0. The Labute approximate surface area is 147 Å². The number of nitrogens with one attached hydrogen (secondary N) is 2. The van der Waals surface area contributed by atoms with Crippen LogP contribution in [0.25, 0.3) is 10.9 Å². The van der Waals surface area contributed by atoms with E-state index in [2.05, 4.69) is 10.3 Å². The molecule has 0 fully saturated rings. The summed E-state index contributed by atoms with van der Waals surface area (Å²) in [6.45, 7) is 0. The number of aromatic nitrogens is 1. The summed E-state index contributed by atoms with van der Waals surface area (Å²) in [5, 5.41) is 13.1. The zero-order valence-electron chi connectivity index (χ0n) is 13.9. The lowest BCUT2D eigenvalue weighted by Crippen LogP contribution is -2.23. The predicted octanol–water partition coefficient (Wildman–Crippen LogP) is 2.64. The minimum absolute atomic E-state index is 0.214. The number of aromatic hydroxyl groups is 1. The maximum Gasteiger partial charge on any atom is 0.265 e. The first kappa shape index (κ1) is 17.3. The zero-order chi connectivity index (χ0) is 18.8. The van der Waals surface area contributed by atoms with E-state index in [1.807, 2.05) is 0 Å². The van der Waals surface area contributed by atoms with Crippen molar-refractivity contribution in [2.45, 2.75) is 0 Å². The van der Waals surface area contributed by atoms with Gasteiger partial charge >= 0.3 is 0 Å². The molecule has 0 atom stereocenters. The first-order valence-corrected chi connectivity index (χ1v) is 7.52. The highest BCUT2D eigenvalue weighted by Gasteiger charge is 2.21. The molecule has 0 bridgehead atoms. The van der Waals surface area contributed by atoms with Crippen LogP contribution in [-0.4, -0.2) is 30.2 Å². The van der Waals surface area contributed by atoms with Crippen LogP contribution in [-0.2, 0) is 0 Å². The third-order valence-electron chi connectivity index (χ3n) is 3.82. The third kappa shape index (κ3) is 3.04. The van der Waals surface area contributed by atoms with E-state index in [-0.39, 0.29) is 16.6 Å². The Morgan fingerprint density at radius 2 is 1.73 bits per heavy atom. The van der Waals surface area contributed by atoms with Crippen LogP contribution in [0.2, 0.25) is 0 Å². The van der Waals surface area contributed by atoms with E-state index in [4.69, 9.17) is 9.47 Å². The van der Waals surface area contributed by atoms with Gasteiger partial charge in [-0.25, -0.2) is 4.39 Å². The number of anilines is 1. The van der Waals surface area contributed by atoms with Crippen LogP contribution in [0.15, 0.2) is 41.2 Å². The molecule has 0 unspecified atom stereocenters. The lowest BCUT2D eigenvalue weighted by atomic mass is 10.1. The molecule has 3 aromatic rings. The van der Waals surface area contributed by atoms with Gasteiger partial charge in [0.15, 0.2) is 11.5 Å². The van der Waals surface area contributed by atoms with Gasteiger partial charge in [-0.15, -0.1) is 0 Å². The molecule has 1 amide bonds. The van der Waals surface area contributed by atoms with Crippen LogP contribution in [0.1, 0.15) is 10.4 Å². The number of fused-ring (bicyclic) bond motifs is 1. The number of H-pyrrole nitrogens is 1. The molecule has 0 saturated heterocycles. The highest BCUT2D eigenvalue weighted by Crippen LogP contribution is 2.35. The number of halogens is 1. The largest absolute Gasteiger partial charge is 0.506 e. The number of rotatable bonds is 4. The van der Waals surface area contributed by atoms with E-state index >= 15 is 0 Å². The van der Waals surface area contributed by atoms with Gasteiger partial charge in [-0.1, -0.05) is 0 Å². The van der Waals surface area contributed by atoms with Crippen LogP contribution in [0.5, 0.6) is 17.2 Å². The number of hydrogen-bond acceptors (Lipinski definition) is 5. The smallest absolute Gasteiger partial charge is 0.265 e. The van der Waals surface area contributed by atoms with Crippen molar-refractivity contribution in [3.8, 4) is 17.2 Å². The minimum Gasteiger partial charge on any atom is -0.506 e. The van der Waals surface area contributed by atoms with Crippen LogP contribution in [0, 0.1) is 5.82 Å². The van der Waals surface area contributed by atoms with Gasteiger partial charge in [0.05, 0.1) is 19.7 Å². The van der Waals surface area contributed by atoms with Gasteiger partial charge in [-0.3, -0.25) is 9.59 Å². The number of amides is 1. The van der Waals surface area contributed by atoms with Crippen molar-refractivity contribution < 1.29 is 23.8 Å². The Hall–Kier alpha value is -3.55. The van der Waals surface area contributed by atoms with Crippen molar-refractivity contribution in [1.29, 1.82) is 0 Å². The van der Waals surface area contributed by atoms with Gasteiger partial charge < -0.3 is 24.9 Å². The summed E-state index contributed by atoms with van der Waals surface area (Å²) in [6.07, 6.45) is 0. The Morgan fingerprint density at radius 3 is 2.35 bits per heavy atom. The monoisotopic (exact) mass is 358 g/mol. The average molecular weight is 358 g/mol. The molecule has 26 heavy (non-hydrogen) atoms. The molecule has 134 valence electrons. The van der Waals surface area contributed by atoms with E-state index in [1.54, 1.807) is 0 Å². The normalized spacial score (nSPS) is 10.6. The van der Waals surface area contributed by atoms with E-state index < -0.39 is 28.6 Å². The van der Waals surface area contributed by atoms with Crippen molar-refractivity contribution >= 4 is 22.5 Å². The van der Waals surface area contributed by atoms with Crippen LogP contribution < -0.4 is 20.3 Å². The highest BCUT2D eigenvalue weighted by atomic mass is 19.1. The first-order chi connectivity index (χ1) is 12.4. The summed E-state index contributed by atoms with van der Waals surface area (Å²) >= 11 is 0. The quantitative estimate of drug-likeness (QED) is 0.666. The number of aromatic amines is 1. The van der Waals surface area contributed by atoms with Crippen molar-refractivity contribution in [3.05, 3.63) is 58.1 Å². The Bertz CT molecular complexity index is 1040. The Balaban J connectivity index is 2.09. The van der Waals surface area contributed by atoms with Gasteiger partial charge in [-0.2, -0.15) is 0 Å². The lowest BCUT2D eigenvalue weighted by Gasteiger charge is -2.12. The molecule has 7 nitrogen and oxygen atoms in total. The summed E-state index contributed by atoms with van der Waals surface area (Å²) in [7, 11) is 2.86. The molecule has 0 radical (unpaired) electrons. The van der Waals surface area contributed by atoms with Crippen LogP contribution >= 0.6 is 0 Å². The Morgan fingerprint density at radius 1 is 1.12 bits per heavy atom. The molecule has 0 aliphatic heterocycles. The average Bonchev–Trinajstić information content (AvgIpc) is 2.62. The second kappa shape index (κ2) is 6.75. The standard InChI is InChI=1S/C18H15FN2O5/c1-25-13-7-11-12(8-14(13)26-2)21-18(24)15(16(11)22)17(23)20-10-5-3-9(19)4-6-10/h3-8H,1-2H3,(H,20,23)(H2,21,22,24). The second-order valence-corrected chi connectivity index (χ2v) is 5.39. The zero-order valence-corrected chi connectivity index (χ0v) is 13.9. The molecule has 2 aromatic carbocycles. The van der Waals surface area contributed by atoms with Crippen molar-refractivity contribution in [1.82, 2.24) is 4.98 Å². The molecular weight excluding hydrogens is 343 g/mol. The third-order valence-corrected chi connectivity index (χ3v) is 3.82. The molecule has 0 aliphatic carbocycles. The van der Waals surface area contributed by atoms with E-state index in [1.165, 1.54) is 38.5 Å². The lowest BCUT2D eigenvalue weighted by molar-refractivity contribution is 0.102. The van der Waals surface area contributed by atoms with Gasteiger partial charge in [-0.05, 0) is 30.3 Å². The van der Waals surface area contributed by atoms with Gasteiger partial charge in [0.1, 0.15) is 17.1 Å². The van der Waals surface area contributed by atoms with Crippen molar-refractivity contribution in [2.75, 3.05) is 19.5 Å². The minimum atomic E-state index is -0.827. The topological polar surface area (TPSA) is 101 Å². The predicted molar refractivity (Wildman–Crippen MR) is 93.7 cm³/mol. The van der Waals surface area contributed by atoms with Crippen molar-refractivity contribution in [2.24, 2.45) is 0 Å². The SMILES string of the molecule is COc1cc2[nH]c(=O)c(C(=O)Nc3ccc(F)cc3)c(O)c2cc1OC. The number of carbonyl (C=O) groups is 1. The van der Waals surface area contributed by atoms with E-state index in [9.17, 15) is 19.1 Å².